The molecule has 1 unspecified atom stereocenters. The maximum atomic E-state index is 12.9. The number of amides is 1. The summed E-state index contributed by atoms with van der Waals surface area (Å²) in [5.74, 6) is -0.404. The minimum atomic E-state index is -0.909. The Kier molecular flexibility index (Phi) is 3.16. The van der Waals surface area contributed by atoms with E-state index in [-0.39, 0.29) is 17.8 Å². The number of nitrogens with two attached hydrogens (primary N) is 2. The van der Waals surface area contributed by atoms with Gasteiger partial charge in [0.2, 0.25) is 0 Å². The highest BCUT2D eigenvalue weighted by atomic mass is 16.2. The second-order valence-corrected chi connectivity index (χ2v) is 6.09. The zero-order valence-electron chi connectivity index (χ0n) is 13.0. The van der Waals surface area contributed by atoms with Crippen LogP contribution in [-0.4, -0.2) is 22.4 Å². The Hall–Kier alpha value is -3.09. The molecule has 1 amide bonds. The number of nitrogens with one attached hydrogen (secondary N) is 1. The number of hydrazine groups is 1. The number of rotatable bonds is 3. The molecular formula is C17H18N6O. The van der Waals surface area contributed by atoms with Crippen molar-refractivity contribution < 1.29 is 4.79 Å². The molecule has 0 saturated heterocycles. The van der Waals surface area contributed by atoms with E-state index in [1.54, 1.807) is 12.4 Å². The van der Waals surface area contributed by atoms with E-state index in [4.69, 9.17) is 11.5 Å². The first kappa shape index (κ1) is 14.5. The quantitative estimate of drug-likeness (QED) is 0.575. The van der Waals surface area contributed by atoms with E-state index in [1.165, 1.54) is 0 Å². The molecule has 1 aliphatic heterocycles. The van der Waals surface area contributed by atoms with Crippen molar-refractivity contribution in [2.24, 2.45) is 22.4 Å². The molecule has 24 heavy (non-hydrogen) atoms. The Morgan fingerprint density at radius 1 is 1.29 bits per heavy atom. The van der Waals surface area contributed by atoms with Crippen LogP contribution in [0.1, 0.15) is 12.8 Å². The summed E-state index contributed by atoms with van der Waals surface area (Å²) in [7, 11) is 0. The highest BCUT2D eigenvalue weighted by Crippen LogP contribution is 2.48. The molecular weight excluding hydrogens is 304 g/mol. The Balaban J connectivity index is 1.87. The van der Waals surface area contributed by atoms with Crippen LogP contribution in [0.15, 0.2) is 53.8 Å². The largest absolute Gasteiger partial charge is 0.370 e. The van der Waals surface area contributed by atoms with E-state index in [2.05, 4.69) is 15.4 Å². The number of anilines is 1. The van der Waals surface area contributed by atoms with Crippen LogP contribution in [-0.2, 0) is 4.79 Å². The number of fused-ring (bicyclic) bond motifs is 1. The third-order valence-corrected chi connectivity index (χ3v) is 4.55. The second-order valence-electron chi connectivity index (χ2n) is 6.09. The van der Waals surface area contributed by atoms with Crippen LogP contribution in [0.25, 0.3) is 10.9 Å². The Morgan fingerprint density at radius 3 is 2.88 bits per heavy atom. The van der Waals surface area contributed by atoms with Crippen LogP contribution in [0.2, 0.25) is 0 Å². The number of pyridine rings is 1. The van der Waals surface area contributed by atoms with Crippen molar-refractivity contribution in [3.8, 4) is 0 Å². The third kappa shape index (κ3) is 2.09. The summed E-state index contributed by atoms with van der Waals surface area (Å²) in [6, 6.07) is 9.70. The molecule has 1 aromatic carbocycles. The van der Waals surface area contributed by atoms with Crippen LogP contribution < -0.4 is 21.9 Å². The van der Waals surface area contributed by atoms with Crippen LogP contribution in [0.5, 0.6) is 0 Å². The number of hydrogen-bond acceptors (Lipinski definition) is 4. The standard InChI is InChI=1S/C17H18N6O/c18-16(19)22-15(24)17(11-6-7-11)8-10-21-23(17)14-5-1-4-13-12(14)3-2-9-20-13/h1-5,8-11,21H,6-7H2,(H4,18,19,22,24). The molecule has 1 atom stereocenters. The zero-order chi connectivity index (χ0) is 16.7. The van der Waals surface area contributed by atoms with E-state index >= 15 is 0 Å². The highest BCUT2D eigenvalue weighted by molar-refractivity contribution is 6.03. The molecule has 1 fully saturated rings. The number of carbonyl (C=O) groups excluding carboxylic acids is 1. The van der Waals surface area contributed by atoms with E-state index in [1.807, 2.05) is 41.4 Å². The van der Waals surface area contributed by atoms with Crippen molar-refractivity contribution >= 4 is 28.5 Å². The van der Waals surface area contributed by atoms with Gasteiger partial charge in [0, 0.05) is 17.8 Å². The van der Waals surface area contributed by atoms with E-state index in [0.717, 1.165) is 29.4 Å². The summed E-state index contributed by atoms with van der Waals surface area (Å²) < 4.78 is 0. The smallest absolute Gasteiger partial charge is 0.281 e. The first-order valence-corrected chi connectivity index (χ1v) is 7.85. The molecule has 5 N–H and O–H groups in total. The van der Waals surface area contributed by atoms with Crippen LogP contribution in [0.4, 0.5) is 5.69 Å². The fourth-order valence-electron chi connectivity index (χ4n) is 3.36. The minimum absolute atomic E-state index is 0.172. The molecule has 4 rings (SSSR count). The normalized spacial score (nSPS) is 22.4. The van der Waals surface area contributed by atoms with E-state index in [0.29, 0.717) is 0 Å². The summed E-state index contributed by atoms with van der Waals surface area (Å²) >= 11 is 0. The monoisotopic (exact) mass is 322 g/mol. The molecule has 1 aromatic heterocycles. The highest BCUT2D eigenvalue weighted by Gasteiger charge is 2.56. The van der Waals surface area contributed by atoms with Gasteiger partial charge >= 0.3 is 0 Å². The molecule has 2 heterocycles. The van der Waals surface area contributed by atoms with Crippen molar-refractivity contribution in [1.82, 2.24) is 10.4 Å². The summed E-state index contributed by atoms with van der Waals surface area (Å²) in [6.07, 6.45) is 7.29. The first-order chi connectivity index (χ1) is 11.6. The lowest BCUT2D eigenvalue weighted by molar-refractivity contribution is -0.122. The topological polar surface area (TPSA) is 110 Å². The molecule has 7 heteroatoms. The molecule has 7 nitrogen and oxygen atoms in total. The molecule has 2 aromatic rings. The van der Waals surface area contributed by atoms with E-state index in [9.17, 15) is 4.79 Å². The van der Waals surface area contributed by atoms with Gasteiger partial charge in [-0.25, -0.2) is 0 Å². The average Bonchev–Trinajstić information content (AvgIpc) is 3.33. The van der Waals surface area contributed by atoms with Gasteiger partial charge in [0.15, 0.2) is 11.5 Å². The minimum Gasteiger partial charge on any atom is -0.370 e. The zero-order valence-corrected chi connectivity index (χ0v) is 13.0. The molecule has 0 radical (unpaired) electrons. The summed E-state index contributed by atoms with van der Waals surface area (Å²) in [5.41, 5.74) is 14.9. The predicted molar refractivity (Wildman–Crippen MR) is 92.8 cm³/mol. The number of nitrogens with zero attached hydrogens (tertiary/aromatic N) is 3. The van der Waals surface area contributed by atoms with Crippen molar-refractivity contribution in [1.29, 1.82) is 0 Å². The SMILES string of the molecule is NC(N)=NC(=O)C1(C2CC2)C=CNN1c1cccc2ncccc12. The Morgan fingerprint density at radius 2 is 2.12 bits per heavy atom. The van der Waals surface area contributed by atoms with Gasteiger partial charge in [-0.15, -0.1) is 0 Å². The average molecular weight is 322 g/mol. The fourth-order valence-corrected chi connectivity index (χ4v) is 3.36. The lowest BCUT2D eigenvalue weighted by Crippen LogP contribution is -2.56. The number of aromatic nitrogens is 1. The molecule has 122 valence electrons. The van der Waals surface area contributed by atoms with Gasteiger partial charge in [0.1, 0.15) is 0 Å². The number of aliphatic imine (C=N–C) groups is 1. The lowest BCUT2D eigenvalue weighted by Gasteiger charge is -2.37. The van der Waals surface area contributed by atoms with Crippen LogP contribution in [0, 0.1) is 5.92 Å². The fraction of sp³-hybridized carbons (Fsp3) is 0.235. The van der Waals surface area contributed by atoms with Gasteiger partial charge in [-0.2, -0.15) is 4.99 Å². The number of benzene rings is 1. The van der Waals surface area contributed by atoms with Gasteiger partial charge in [0.25, 0.3) is 5.91 Å². The number of hydrogen-bond donors (Lipinski definition) is 3. The van der Waals surface area contributed by atoms with Gasteiger partial charge < -0.3 is 16.9 Å². The van der Waals surface area contributed by atoms with Gasteiger partial charge in [0.05, 0.1) is 11.2 Å². The van der Waals surface area contributed by atoms with Crippen LogP contribution in [0.3, 0.4) is 0 Å². The van der Waals surface area contributed by atoms with Crippen molar-refractivity contribution in [2.45, 2.75) is 18.4 Å². The van der Waals surface area contributed by atoms with Gasteiger partial charge in [-0.1, -0.05) is 6.07 Å². The maximum Gasteiger partial charge on any atom is 0.281 e. The molecule has 2 aliphatic rings. The Bertz CT molecular complexity index is 863. The number of guanidine groups is 1. The summed E-state index contributed by atoms with van der Waals surface area (Å²) in [4.78, 5) is 21.1. The van der Waals surface area contributed by atoms with Gasteiger partial charge in [-0.3, -0.25) is 14.8 Å². The summed E-state index contributed by atoms with van der Waals surface area (Å²) in [6.45, 7) is 0. The van der Waals surface area contributed by atoms with Crippen molar-refractivity contribution in [2.75, 3.05) is 5.01 Å². The third-order valence-electron chi connectivity index (χ3n) is 4.55. The lowest BCUT2D eigenvalue weighted by atomic mass is 9.91. The van der Waals surface area contributed by atoms with Crippen molar-refractivity contribution in [3.05, 3.63) is 48.8 Å². The molecule has 1 aliphatic carbocycles. The molecule has 0 bridgehead atoms. The molecule has 0 spiro atoms. The molecule has 1 saturated carbocycles. The number of carbonyl (C=O) groups is 1. The van der Waals surface area contributed by atoms with Crippen molar-refractivity contribution in [3.63, 3.8) is 0 Å². The van der Waals surface area contributed by atoms with E-state index < -0.39 is 5.54 Å². The summed E-state index contributed by atoms with van der Waals surface area (Å²) in [5, 5.41) is 2.82. The van der Waals surface area contributed by atoms with Crippen LogP contribution >= 0.6 is 0 Å². The Labute approximate surface area is 139 Å². The second kappa shape index (κ2) is 5.23. The maximum absolute atomic E-state index is 12.9. The first-order valence-electron chi connectivity index (χ1n) is 7.85. The predicted octanol–water partition coefficient (Wildman–Crippen LogP) is 1.02. The van der Waals surface area contributed by atoms with Gasteiger partial charge in [-0.05, 0) is 49.1 Å².